The molecule has 4 nitrogen and oxygen atoms in total. The predicted molar refractivity (Wildman–Crippen MR) is 70.8 cm³/mol. The van der Waals surface area contributed by atoms with Crippen molar-refractivity contribution in [3.63, 3.8) is 0 Å². The average molecular weight is 243 g/mol. The maximum atomic E-state index is 5.86. The largest absolute Gasteiger partial charge is 0.423 e. The van der Waals surface area contributed by atoms with E-state index in [2.05, 4.69) is 15.2 Å². The van der Waals surface area contributed by atoms with Crippen molar-refractivity contribution in [2.75, 3.05) is 18.0 Å². The Hall–Kier alpha value is -1.55. The highest BCUT2D eigenvalue weighted by Gasteiger charge is 2.30. The Morgan fingerprint density at radius 3 is 3.00 bits per heavy atom. The van der Waals surface area contributed by atoms with Crippen LogP contribution in [-0.4, -0.2) is 30.2 Å². The van der Waals surface area contributed by atoms with Gasteiger partial charge in [0, 0.05) is 25.2 Å². The Morgan fingerprint density at radius 2 is 2.06 bits per heavy atom. The van der Waals surface area contributed by atoms with Gasteiger partial charge in [-0.05, 0) is 31.4 Å². The molecule has 2 atom stereocenters. The lowest BCUT2D eigenvalue weighted by atomic mass is 10.1. The molecule has 94 valence electrons. The van der Waals surface area contributed by atoms with Crippen LogP contribution in [0.5, 0.6) is 0 Å². The van der Waals surface area contributed by atoms with Crippen LogP contribution in [-0.2, 0) is 0 Å². The number of benzene rings is 1. The summed E-state index contributed by atoms with van der Waals surface area (Å²) in [5.74, 6) is 0. The van der Waals surface area contributed by atoms with Crippen molar-refractivity contribution in [2.24, 2.45) is 0 Å². The summed E-state index contributed by atoms with van der Waals surface area (Å²) in [6, 6.07) is 10.1. The summed E-state index contributed by atoms with van der Waals surface area (Å²) in [5.41, 5.74) is 1.84. The number of rotatable bonds is 1. The first-order chi connectivity index (χ1) is 8.88. The van der Waals surface area contributed by atoms with Crippen molar-refractivity contribution in [3.05, 3.63) is 24.3 Å². The van der Waals surface area contributed by atoms with Crippen molar-refractivity contribution in [2.45, 2.75) is 31.3 Å². The fourth-order valence-corrected chi connectivity index (χ4v) is 3.11. The van der Waals surface area contributed by atoms with Crippen molar-refractivity contribution < 1.29 is 4.42 Å². The number of fused-ring (bicyclic) bond motifs is 3. The zero-order valence-electron chi connectivity index (χ0n) is 10.3. The number of para-hydroxylation sites is 2. The number of nitrogens with one attached hydrogen (secondary N) is 1. The Balaban J connectivity index is 1.65. The van der Waals surface area contributed by atoms with E-state index >= 15 is 0 Å². The van der Waals surface area contributed by atoms with Gasteiger partial charge in [0.25, 0.3) is 6.01 Å². The Labute approximate surface area is 106 Å². The molecule has 4 heteroatoms. The second-order valence-electron chi connectivity index (χ2n) is 5.34. The van der Waals surface area contributed by atoms with Crippen molar-refractivity contribution >= 4 is 17.1 Å². The molecule has 2 aliphatic rings. The van der Waals surface area contributed by atoms with Gasteiger partial charge in [-0.1, -0.05) is 12.1 Å². The van der Waals surface area contributed by atoms with Gasteiger partial charge >= 0.3 is 0 Å². The number of oxazole rings is 1. The van der Waals surface area contributed by atoms with Gasteiger partial charge < -0.3 is 14.6 Å². The molecule has 1 aromatic heterocycles. The highest BCUT2D eigenvalue weighted by Crippen LogP contribution is 2.26. The zero-order chi connectivity index (χ0) is 11.9. The molecule has 0 aliphatic carbocycles. The van der Waals surface area contributed by atoms with E-state index in [-0.39, 0.29) is 0 Å². The third-order valence-corrected chi connectivity index (χ3v) is 4.08. The molecule has 4 rings (SSSR count). The lowest BCUT2D eigenvalue weighted by Gasteiger charge is -2.21. The minimum Gasteiger partial charge on any atom is -0.423 e. The monoisotopic (exact) mass is 243 g/mol. The van der Waals surface area contributed by atoms with Crippen LogP contribution in [0.3, 0.4) is 0 Å². The first-order valence-corrected chi connectivity index (χ1v) is 6.75. The summed E-state index contributed by atoms with van der Waals surface area (Å²) in [6.07, 6.45) is 3.79. The molecule has 1 aromatic carbocycles. The second kappa shape index (κ2) is 3.99. The van der Waals surface area contributed by atoms with Gasteiger partial charge in [0.05, 0.1) is 0 Å². The summed E-state index contributed by atoms with van der Waals surface area (Å²) in [5, 5.41) is 3.68. The second-order valence-corrected chi connectivity index (χ2v) is 5.34. The van der Waals surface area contributed by atoms with Crippen molar-refractivity contribution in [3.8, 4) is 0 Å². The minimum atomic E-state index is 0.604. The molecule has 2 saturated heterocycles. The molecule has 2 unspecified atom stereocenters. The van der Waals surface area contributed by atoms with Crippen LogP contribution in [0.4, 0.5) is 6.01 Å². The lowest BCUT2D eigenvalue weighted by Crippen LogP contribution is -2.35. The van der Waals surface area contributed by atoms with Crippen LogP contribution < -0.4 is 10.2 Å². The normalized spacial score (nSPS) is 27.7. The highest BCUT2D eigenvalue weighted by molar-refractivity contribution is 5.74. The van der Waals surface area contributed by atoms with Gasteiger partial charge in [-0.3, -0.25) is 0 Å². The third kappa shape index (κ3) is 1.68. The highest BCUT2D eigenvalue weighted by atomic mass is 16.4. The molecule has 0 spiro atoms. The number of hydrogen-bond donors (Lipinski definition) is 1. The number of nitrogens with zero attached hydrogens (tertiary/aromatic N) is 2. The molecule has 2 aromatic rings. The first kappa shape index (κ1) is 10.4. The van der Waals surface area contributed by atoms with E-state index in [0.717, 1.165) is 30.2 Å². The Morgan fingerprint density at radius 1 is 1.17 bits per heavy atom. The Kier molecular flexibility index (Phi) is 2.30. The fraction of sp³-hybridized carbons (Fsp3) is 0.500. The molecule has 3 heterocycles. The molecule has 0 saturated carbocycles. The van der Waals surface area contributed by atoms with Crippen LogP contribution in [0, 0.1) is 0 Å². The van der Waals surface area contributed by atoms with Gasteiger partial charge in [-0.15, -0.1) is 0 Å². The SMILES string of the molecule is c1ccc2oc(N3CCC4CCC(C3)N4)nc2c1. The predicted octanol–water partition coefficient (Wildman–Crippen LogP) is 2.16. The lowest BCUT2D eigenvalue weighted by molar-refractivity contribution is 0.535. The number of anilines is 1. The molecule has 2 aliphatic heterocycles. The van der Waals surface area contributed by atoms with Crippen LogP contribution in [0.2, 0.25) is 0 Å². The molecule has 2 bridgehead atoms. The van der Waals surface area contributed by atoms with E-state index in [0.29, 0.717) is 12.1 Å². The summed E-state index contributed by atoms with van der Waals surface area (Å²) in [4.78, 5) is 6.88. The third-order valence-electron chi connectivity index (χ3n) is 4.08. The zero-order valence-corrected chi connectivity index (χ0v) is 10.3. The molecule has 0 amide bonds. The minimum absolute atomic E-state index is 0.604. The van der Waals surface area contributed by atoms with Gasteiger partial charge in [0.1, 0.15) is 5.52 Å². The Bertz CT molecular complexity index is 532. The van der Waals surface area contributed by atoms with E-state index in [1.807, 2.05) is 24.3 Å². The van der Waals surface area contributed by atoms with Crippen LogP contribution in [0.15, 0.2) is 28.7 Å². The number of aromatic nitrogens is 1. The van der Waals surface area contributed by atoms with Gasteiger partial charge in [-0.2, -0.15) is 4.98 Å². The number of hydrogen-bond acceptors (Lipinski definition) is 4. The standard InChI is InChI=1S/C14H17N3O/c1-2-4-13-12(3-1)16-14(18-13)17-8-7-10-5-6-11(9-17)15-10/h1-4,10-11,15H,5-9H2. The van der Waals surface area contributed by atoms with Crippen molar-refractivity contribution in [1.29, 1.82) is 0 Å². The summed E-state index contributed by atoms with van der Waals surface area (Å²) in [7, 11) is 0. The summed E-state index contributed by atoms with van der Waals surface area (Å²) >= 11 is 0. The molecular formula is C14H17N3O. The first-order valence-electron chi connectivity index (χ1n) is 6.75. The van der Waals surface area contributed by atoms with E-state index in [1.54, 1.807) is 0 Å². The average Bonchev–Trinajstić information content (AvgIpc) is 2.92. The molecular weight excluding hydrogens is 226 g/mol. The molecule has 18 heavy (non-hydrogen) atoms. The summed E-state index contributed by atoms with van der Waals surface area (Å²) < 4.78 is 5.86. The maximum absolute atomic E-state index is 5.86. The topological polar surface area (TPSA) is 41.3 Å². The van der Waals surface area contributed by atoms with Gasteiger partial charge in [-0.25, -0.2) is 0 Å². The van der Waals surface area contributed by atoms with E-state index < -0.39 is 0 Å². The maximum Gasteiger partial charge on any atom is 0.298 e. The molecule has 2 fully saturated rings. The van der Waals surface area contributed by atoms with Crippen LogP contribution >= 0.6 is 0 Å². The quantitative estimate of drug-likeness (QED) is 0.833. The van der Waals surface area contributed by atoms with Gasteiger partial charge in [0.15, 0.2) is 5.58 Å². The fourth-order valence-electron chi connectivity index (χ4n) is 3.11. The van der Waals surface area contributed by atoms with E-state index in [1.165, 1.54) is 19.3 Å². The van der Waals surface area contributed by atoms with E-state index in [4.69, 9.17) is 4.42 Å². The molecule has 1 N–H and O–H groups in total. The smallest absolute Gasteiger partial charge is 0.298 e. The summed E-state index contributed by atoms with van der Waals surface area (Å²) in [6.45, 7) is 2.06. The molecule has 0 radical (unpaired) electrons. The van der Waals surface area contributed by atoms with E-state index in [9.17, 15) is 0 Å². The van der Waals surface area contributed by atoms with Crippen molar-refractivity contribution in [1.82, 2.24) is 10.3 Å². The van der Waals surface area contributed by atoms with Crippen LogP contribution in [0.1, 0.15) is 19.3 Å². The van der Waals surface area contributed by atoms with Gasteiger partial charge in [0.2, 0.25) is 0 Å². The van der Waals surface area contributed by atoms with Crippen LogP contribution in [0.25, 0.3) is 11.1 Å².